The van der Waals surface area contributed by atoms with Gasteiger partial charge in [-0.25, -0.2) is 4.98 Å². The van der Waals surface area contributed by atoms with Crippen molar-refractivity contribution in [2.75, 3.05) is 13.1 Å². The third kappa shape index (κ3) is 3.57. The molecule has 2 fully saturated rings. The van der Waals surface area contributed by atoms with Gasteiger partial charge >= 0.3 is 0 Å². The first-order valence-electron chi connectivity index (χ1n) is 11.8. The Kier molecular flexibility index (Phi) is 4.89. The Morgan fingerprint density at radius 3 is 2.76 bits per heavy atom. The molecule has 2 N–H and O–H groups in total. The minimum atomic E-state index is -0.388. The number of hydrogen-bond acceptors (Lipinski definition) is 3. The summed E-state index contributed by atoms with van der Waals surface area (Å²) in [5.41, 5.74) is 4.09. The van der Waals surface area contributed by atoms with Gasteiger partial charge < -0.3 is 19.8 Å². The van der Waals surface area contributed by atoms with E-state index in [0.29, 0.717) is 25.9 Å². The van der Waals surface area contributed by atoms with Crippen LogP contribution in [0.3, 0.4) is 0 Å². The Balaban J connectivity index is 1.20. The van der Waals surface area contributed by atoms with Crippen LogP contribution in [0.4, 0.5) is 0 Å². The normalized spacial score (nSPS) is 21.4. The number of aromatic nitrogens is 3. The summed E-state index contributed by atoms with van der Waals surface area (Å²) in [6.07, 6.45) is 4.92. The Hall–Kier alpha value is -3.61. The van der Waals surface area contributed by atoms with Crippen LogP contribution in [0.2, 0.25) is 0 Å². The number of hydrogen-bond donors (Lipinski definition) is 2. The lowest BCUT2D eigenvalue weighted by Crippen LogP contribution is -2.49. The Morgan fingerprint density at radius 1 is 1.06 bits per heavy atom. The molecular weight excluding hydrogens is 414 g/mol. The van der Waals surface area contributed by atoms with Crippen LogP contribution in [-0.2, 0) is 16.1 Å². The van der Waals surface area contributed by atoms with Crippen molar-refractivity contribution in [2.45, 2.75) is 44.2 Å². The highest BCUT2D eigenvalue weighted by atomic mass is 16.2. The van der Waals surface area contributed by atoms with Crippen LogP contribution in [0.5, 0.6) is 0 Å². The van der Waals surface area contributed by atoms with Gasteiger partial charge in [0.15, 0.2) is 0 Å². The SMILES string of the molecule is O=C(C1CCC(=O)N1Cc1c[nH]c2ccccc12)N1CCCC(c2nc3ccccc3[nH]2)C1. The van der Waals surface area contributed by atoms with Crippen LogP contribution < -0.4 is 0 Å². The van der Waals surface area contributed by atoms with Gasteiger partial charge in [0.25, 0.3) is 0 Å². The monoisotopic (exact) mass is 441 g/mol. The minimum absolute atomic E-state index is 0.0597. The summed E-state index contributed by atoms with van der Waals surface area (Å²) >= 11 is 0. The second-order valence-corrected chi connectivity index (χ2v) is 9.20. The van der Waals surface area contributed by atoms with Crippen molar-refractivity contribution in [1.82, 2.24) is 24.8 Å². The number of carbonyl (C=O) groups excluding carboxylic acids is 2. The van der Waals surface area contributed by atoms with Gasteiger partial charge in [0.2, 0.25) is 11.8 Å². The van der Waals surface area contributed by atoms with Crippen molar-refractivity contribution in [3.05, 3.63) is 66.1 Å². The first kappa shape index (κ1) is 20.0. The first-order valence-corrected chi connectivity index (χ1v) is 11.8. The first-order chi connectivity index (χ1) is 16.2. The Morgan fingerprint density at radius 2 is 1.88 bits per heavy atom. The molecule has 168 valence electrons. The van der Waals surface area contributed by atoms with Crippen molar-refractivity contribution >= 4 is 33.8 Å². The van der Waals surface area contributed by atoms with Gasteiger partial charge in [-0.15, -0.1) is 0 Å². The number of nitrogens with one attached hydrogen (secondary N) is 2. The van der Waals surface area contributed by atoms with Gasteiger partial charge in [-0.2, -0.15) is 0 Å². The van der Waals surface area contributed by atoms with Crippen molar-refractivity contribution < 1.29 is 9.59 Å². The number of carbonyl (C=O) groups is 2. The van der Waals surface area contributed by atoms with E-state index < -0.39 is 0 Å². The largest absolute Gasteiger partial charge is 0.361 e. The molecule has 0 bridgehead atoms. The molecule has 7 nitrogen and oxygen atoms in total. The average molecular weight is 442 g/mol. The van der Waals surface area contributed by atoms with Crippen LogP contribution in [0.1, 0.15) is 43.0 Å². The standard InChI is InChI=1S/C26H27N5O2/c32-24-12-11-23(31(24)16-18-14-27-20-8-2-1-7-19(18)20)26(33)30-13-5-6-17(15-30)25-28-21-9-3-4-10-22(21)29-25/h1-4,7-10,14,17,23,27H,5-6,11-13,15-16H2,(H,28,29). The minimum Gasteiger partial charge on any atom is -0.361 e. The Bertz CT molecular complexity index is 1310. The Labute approximate surface area is 191 Å². The van der Waals surface area contributed by atoms with Gasteiger partial charge in [-0.3, -0.25) is 9.59 Å². The summed E-state index contributed by atoms with van der Waals surface area (Å²) in [6.45, 7) is 1.84. The molecule has 2 amide bonds. The van der Waals surface area contributed by atoms with Gasteiger partial charge in [-0.1, -0.05) is 30.3 Å². The molecule has 4 heterocycles. The number of imidazole rings is 1. The molecular formula is C26H27N5O2. The maximum atomic E-state index is 13.6. The van der Waals surface area contributed by atoms with Crippen LogP contribution in [-0.4, -0.2) is 55.7 Å². The molecule has 2 aromatic heterocycles. The predicted molar refractivity (Wildman–Crippen MR) is 127 cm³/mol. The summed E-state index contributed by atoms with van der Waals surface area (Å²) in [4.78, 5) is 41.6. The molecule has 4 aromatic rings. The lowest BCUT2D eigenvalue weighted by atomic mass is 9.96. The molecule has 2 saturated heterocycles. The number of fused-ring (bicyclic) bond motifs is 2. The third-order valence-electron chi connectivity index (χ3n) is 7.16. The summed E-state index contributed by atoms with van der Waals surface area (Å²) in [5, 5.41) is 1.10. The zero-order valence-corrected chi connectivity index (χ0v) is 18.5. The molecule has 0 aliphatic carbocycles. The molecule has 0 radical (unpaired) electrons. The number of nitrogens with zero attached hydrogens (tertiary/aromatic N) is 3. The van der Waals surface area contributed by atoms with E-state index in [1.165, 1.54) is 0 Å². The van der Waals surface area contributed by atoms with E-state index in [2.05, 4.69) is 16.0 Å². The molecule has 2 unspecified atom stereocenters. The van der Waals surface area contributed by atoms with Crippen molar-refractivity contribution in [2.24, 2.45) is 0 Å². The van der Waals surface area contributed by atoms with Crippen LogP contribution in [0, 0.1) is 0 Å². The fraction of sp³-hybridized carbons (Fsp3) is 0.346. The number of likely N-dealkylation sites (tertiary alicyclic amines) is 2. The maximum absolute atomic E-state index is 13.6. The highest BCUT2D eigenvalue weighted by Gasteiger charge is 2.40. The van der Waals surface area contributed by atoms with Crippen molar-refractivity contribution in [3.63, 3.8) is 0 Å². The molecule has 0 spiro atoms. The molecule has 2 atom stereocenters. The van der Waals surface area contributed by atoms with Crippen molar-refractivity contribution in [3.8, 4) is 0 Å². The van der Waals surface area contributed by atoms with E-state index in [4.69, 9.17) is 4.98 Å². The van der Waals surface area contributed by atoms with E-state index >= 15 is 0 Å². The number of para-hydroxylation sites is 3. The van der Waals surface area contributed by atoms with Gasteiger partial charge in [0.05, 0.1) is 11.0 Å². The fourth-order valence-electron chi connectivity index (χ4n) is 5.41. The lowest BCUT2D eigenvalue weighted by molar-refractivity contribution is -0.142. The zero-order valence-electron chi connectivity index (χ0n) is 18.5. The fourth-order valence-corrected chi connectivity index (χ4v) is 5.41. The van der Waals surface area contributed by atoms with Gasteiger partial charge in [0.1, 0.15) is 11.9 Å². The third-order valence-corrected chi connectivity index (χ3v) is 7.16. The van der Waals surface area contributed by atoms with E-state index in [0.717, 1.165) is 52.7 Å². The van der Waals surface area contributed by atoms with Crippen LogP contribution >= 0.6 is 0 Å². The highest BCUT2D eigenvalue weighted by Crippen LogP contribution is 2.30. The summed E-state index contributed by atoms with van der Waals surface area (Å²) in [7, 11) is 0. The molecule has 2 aliphatic rings. The van der Waals surface area contributed by atoms with Crippen LogP contribution in [0.25, 0.3) is 21.9 Å². The average Bonchev–Trinajstić information content (AvgIpc) is 3.56. The van der Waals surface area contributed by atoms with E-state index in [1.54, 1.807) is 4.90 Å². The predicted octanol–water partition coefficient (Wildman–Crippen LogP) is 3.94. The smallest absolute Gasteiger partial charge is 0.245 e. The van der Waals surface area contributed by atoms with Crippen molar-refractivity contribution in [1.29, 1.82) is 0 Å². The summed E-state index contributed by atoms with van der Waals surface area (Å²) < 4.78 is 0. The summed E-state index contributed by atoms with van der Waals surface area (Å²) in [5.74, 6) is 1.27. The lowest BCUT2D eigenvalue weighted by Gasteiger charge is -2.35. The molecule has 2 aromatic carbocycles. The molecule has 6 rings (SSSR count). The molecule has 0 saturated carbocycles. The molecule has 7 heteroatoms. The second kappa shape index (κ2) is 8.06. The number of rotatable bonds is 4. The van der Waals surface area contributed by atoms with E-state index in [1.807, 2.05) is 53.6 Å². The number of benzene rings is 2. The van der Waals surface area contributed by atoms with Crippen LogP contribution in [0.15, 0.2) is 54.7 Å². The van der Waals surface area contributed by atoms with Gasteiger partial charge in [0, 0.05) is 49.1 Å². The molecule has 2 aliphatic heterocycles. The number of H-pyrrole nitrogens is 2. The zero-order chi connectivity index (χ0) is 22.4. The maximum Gasteiger partial charge on any atom is 0.245 e. The van der Waals surface area contributed by atoms with E-state index in [9.17, 15) is 9.59 Å². The number of piperidine rings is 1. The highest BCUT2D eigenvalue weighted by molar-refractivity contribution is 5.91. The molecule has 33 heavy (non-hydrogen) atoms. The number of aromatic amines is 2. The number of amides is 2. The topological polar surface area (TPSA) is 85.1 Å². The summed E-state index contributed by atoms with van der Waals surface area (Å²) in [6, 6.07) is 15.7. The second-order valence-electron chi connectivity index (χ2n) is 9.20. The van der Waals surface area contributed by atoms with E-state index in [-0.39, 0.29) is 23.8 Å². The quantitative estimate of drug-likeness (QED) is 0.503. The van der Waals surface area contributed by atoms with Gasteiger partial charge in [-0.05, 0) is 43.0 Å².